The van der Waals surface area contributed by atoms with Gasteiger partial charge in [-0.15, -0.1) is 0 Å². The van der Waals surface area contributed by atoms with E-state index in [0.717, 1.165) is 4.90 Å². The number of nitrogens with zero attached hydrogens (tertiary/aromatic N) is 6. The largest absolute Gasteiger partial charge is 0.483 e. The number of amides is 7. The van der Waals surface area contributed by atoms with Crippen LogP contribution in [-0.2, 0) is 40.4 Å². The minimum atomic E-state index is -1.13. The lowest BCUT2D eigenvalue weighted by Crippen LogP contribution is -2.54. The average Bonchev–Trinajstić information content (AvgIpc) is 4.06. The SMILES string of the molecule is COc1ncc(C(=O)NCCOCCOCCOCCOCCNC(=O)COc2cccc3c2C(=O)N(C2CCC(=O)NC2=O)C3=O)cc1-c1nc2c(n1C(C)C)[C@H](c1ccc(Cl)cc1)N(c1cc(Cl)cn(C)c1=O)C2=O. The number of ether oxygens (including phenoxy) is 6. The number of benzene rings is 2. The third-order valence-electron chi connectivity index (χ3n) is 12.5. The monoisotopic (exact) mass is 1100 g/mol. The average molecular weight is 1100 g/mol. The molecule has 0 radical (unpaired) electrons. The van der Waals surface area contributed by atoms with Crippen LogP contribution >= 0.6 is 23.2 Å². The summed E-state index contributed by atoms with van der Waals surface area (Å²) in [6.07, 6.45) is 2.85. The summed E-state index contributed by atoms with van der Waals surface area (Å²) in [6.45, 7) is 5.85. The molecular weight excluding hydrogens is 1050 g/mol. The number of nitrogens with one attached hydrogen (secondary N) is 3. The van der Waals surface area contributed by atoms with Gasteiger partial charge in [-0.3, -0.25) is 53.5 Å². The Morgan fingerprint density at radius 2 is 1.45 bits per heavy atom. The molecule has 3 aromatic heterocycles. The fourth-order valence-corrected chi connectivity index (χ4v) is 9.39. The Morgan fingerprint density at radius 3 is 2.10 bits per heavy atom. The van der Waals surface area contributed by atoms with Crippen molar-refractivity contribution in [1.29, 1.82) is 0 Å². The molecule has 6 heterocycles. The zero-order valence-corrected chi connectivity index (χ0v) is 43.9. The quantitative estimate of drug-likeness (QED) is 0.0556. The second-order valence-electron chi connectivity index (χ2n) is 18.0. The van der Waals surface area contributed by atoms with E-state index in [1.54, 1.807) is 37.4 Å². The van der Waals surface area contributed by atoms with Crippen LogP contribution in [0.1, 0.15) is 91.6 Å². The first-order valence-corrected chi connectivity index (χ1v) is 25.3. The predicted molar refractivity (Wildman–Crippen MR) is 276 cm³/mol. The molecule has 3 N–H and O–H groups in total. The summed E-state index contributed by atoms with van der Waals surface area (Å²) < 4.78 is 36.7. The van der Waals surface area contributed by atoms with Crippen molar-refractivity contribution in [2.24, 2.45) is 7.05 Å². The summed E-state index contributed by atoms with van der Waals surface area (Å²) in [4.78, 5) is 116. The lowest BCUT2D eigenvalue weighted by molar-refractivity contribution is -0.136. The maximum atomic E-state index is 14.5. The zero-order chi connectivity index (χ0) is 54.9. The Hall–Kier alpha value is -7.54. The number of carbonyl (C=O) groups is 7. The number of hydrogen-bond acceptors (Lipinski definition) is 16. The van der Waals surface area contributed by atoms with Crippen LogP contribution in [0.2, 0.25) is 10.0 Å². The van der Waals surface area contributed by atoms with E-state index in [9.17, 15) is 38.4 Å². The van der Waals surface area contributed by atoms with E-state index in [2.05, 4.69) is 20.9 Å². The molecule has 2 atom stereocenters. The summed E-state index contributed by atoms with van der Waals surface area (Å²) in [6, 6.07) is 12.2. The van der Waals surface area contributed by atoms with E-state index in [1.807, 2.05) is 18.4 Å². The van der Waals surface area contributed by atoms with Crippen LogP contribution in [0.25, 0.3) is 11.4 Å². The number of methoxy groups -OCH3 is 1. The summed E-state index contributed by atoms with van der Waals surface area (Å²) in [7, 11) is 3.00. The van der Waals surface area contributed by atoms with Crippen LogP contribution in [-0.4, -0.2) is 151 Å². The highest BCUT2D eigenvalue weighted by Crippen LogP contribution is 2.45. The van der Waals surface area contributed by atoms with Crippen molar-refractivity contribution in [2.75, 3.05) is 84.6 Å². The normalized spacial score (nSPS) is 16.0. The van der Waals surface area contributed by atoms with E-state index in [-0.39, 0.29) is 116 Å². The Balaban J connectivity index is 0.724. The minimum Gasteiger partial charge on any atom is -0.483 e. The lowest BCUT2D eigenvalue weighted by Gasteiger charge is -2.28. The summed E-state index contributed by atoms with van der Waals surface area (Å²) >= 11 is 12.7. The highest BCUT2D eigenvalue weighted by atomic mass is 35.5. The minimum absolute atomic E-state index is 0.0103. The van der Waals surface area contributed by atoms with Crippen LogP contribution in [0.5, 0.6) is 11.6 Å². The van der Waals surface area contributed by atoms with Gasteiger partial charge >= 0.3 is 0 Å². The first kappa shape index (κ1) is 55.7. The summed E-state index contributed by atoms with van der Waals surface area (Å²) in [5.74, 6) is -3.54. The number of imidazole rings is 1. The topological polar surface area (TPSA) is 270 Å². The van der Waals surface area contributed by atoms with E-state index in [4.69, 9.17) is 56.6 Å². The van der Waals surface area contributed by atoms with Crippen molar-refractivity contribution < 1.29 is 62.0 Å². The molecule has 1 unspecified atom stereocenters. The van der Waals surface area contributed by atoms with Gasteiger partial charge in [-0.1, -0.05) is 41.4 Å². The highest BCUT2D eigenvalue weighted by molar-refractivity contribution is 6.31. The van der Waals surface area contributed by atoms with Crippen LogP contribution in [0.4, 0.5) is 5.69 Å². The number of rotatable bonds is 25. The molecule has 0 aliphatic carbocycles. The smallest absolute Gasteiger partial charge is 0.279 e. The van der Waals surface area contributed by atoms with Crippen molar-refractivity contribution in [2.45, 2.75) is 44.8 Å². The highest BCUT2D eigenvalue weighted by Gasteiger charge is 2.47. The molecule has 0 bridgehead atoms. The van der Waals surface area contributed by atoms with Crippen molar-refractivity contribution in [1.82, 2.24) is 40.0 Å². The van der Waals surface area contributed by atoms with E-state index >= 15 is 0 Å². The van der Waals surface area contributed by atoms with Crippen LogP contribution in [0.3, 0.4) is 0 Å². The van der Waals surface area contributed by atoms with Gasteiger partial charge in [-0.05, 0) is 62.2 Å². The molecule has 77 heavy (non-hydrogen) atoms. The molecule has 406 valence electrons. The van der Waals surface area contributed by atoms with Crippen molar-refractivity contribution in [3.63, 3.8) is 0 Å². The number of aromatic nitrogens is 4. The van der Waals surface area contributed by atoms with Gasteiger partial charge in [0, 0.05) is 50.0 Å². The van der Waals surface area contributed by atoms with E-state index in [1.165, 1.54) is 53.2 Å². The molecule has 3 aliphatic heterocycles. The van der Waals surface area contributed by atoms with Gasteiger partial charge in [0.15, 0.2) is 12.3 Å². The second-order valence-corrected chi connectivity index (χ2v) is 18.8. The number of fused-ring (bicyclic) bond motifs is 2. The van der Waals surface area contributed by atoms with E-state index in [0.29, 0.717) is 40.9 Å². The van der Waals surface area contributed by atoms with Crippen LogP contribution in [0, 0.1) is 0 Å². The molecule has 7 amide bonds. The first-order chi connectivity index (χ1) is 37.1. The number of carbonyl (C=O) groups excluding carboxylic acids is 7. The van der Waals surface area contributed by atoms with Gasteiger partial charge in [0.1, 0.15) is 29.3 Å². The maximum absolute atomic E-state index is 14.5. The molecule has 23 nitrogen and oxygen atoms in total. The fraction of sp³-hybridized carbons (Fsp3) is 0.385. The lowest BCUT2D eigenvalue weighted by atomic mass is 10.0. The molecule has 0 spiro atoms. The van der Waals surface area contributed by atoms with Gasteiger partial charge in [-0.25, -0.2) is 9.97 Å². The molecule has 1 fully saturated rings. The number of anilines is 1. The third kappa shape index (κ3) is 12.4. The number of pyridine rings is 2. The fourth-order valence-electron chi connectivity index (χ4n) is 9.02. The van der Waals surface area contributed by atoms with Crippen molar-refractivity contribution >= 4 is 70.2 Å². The Kier molecular flexibility index (Phi) is 18.1. The molecule has 2 aromatic carbocycles. The molecule has 1 saturated heterocycles. The van der Waals surface area contributed by atoms with Crippen molar-refractivity contribution in [3.05, 3.63) is 121 Å². The first-order valence-electron chi connectivity index (χ1n) is 24.5. The molecular formula is C52H55Cl2N9O14. The molecule has 25 heteroatoms. The van der Waals surface area contributed by atoms with E-state index < -0.39 is 65.6 Å². The van der Waals surface area contributed by atoms with Gasteiger partial charge in [-0.2, -0.15) is 0 Å². The zero-order valence-electron chi connectivity index (χ0n) is 42.4. The molecule has 3 aliphatic rings. The third-order valence-corrected chi connectivity index (χ3v) is 13.0. The maximum Gasteiger partial charge on any atom is 0.279 e. The number of hydrogen-bond donors (Lipinski definition) is 3. The Bertz CT molecular complexity index is 3150. The van der Waals surface area contributed by atoms with Gasteiger partial charge in [0.2, 0.25) is 17.7 Å². The predicted octanol–water partition coefficient (Wildman–Crippen LogP) is 3.68. The number of imide groups is 2. The van der Waals surface area contributed by atoms with Crippen LogP contribution in [0.15, 0.2) is 71.8 Å². The van der Waals surface area contributed by atoms with Crippen LogP contribution < -0.4 is 35.9 Å². The number of halogens is 2. The Labute approximate surface area is 451 Å². The number of piperidine rings is 1. The summed E-state index contributed by atoms with van der Waals surface area (Å²) in [5.41, 5.74) is 1.51. The summed E-state index contributed by atoms with van der Waals surface area (Å²) in [5, 5.41) is 8.38. The Morgan fingerprint density at radius 1 is 0.792 bits per heavy atom. The van der Waals surface area contributed by atoms with Gasteiger partial charge in [0.25, 0.3) is 35.1 Å². The number of aryl methyl sites for hydroxylation is 1. The molecule has 0 saturated carbocycles. The molecule has 8 rings (SSSR count). The van der Waals surface area contributed by atoms with Gasteiger partial charge in [0.05, 0.1) is 92.9 Å². The molecule has 5 aromatic rings. The van der Waals surface area contributed by atoms with Crippen molar-refractivity contribution in [3.8, 4) is 23.0 Å². The second kappa shape index (κ2) is 25.1. The standard InChI is InChI=1S/C52H55Cl2N9O14/c1-29(2)61-44-42(52(71)62(37-25-33(54)27-60(3)50(37)69)43(44)30-8-10-32(53)11-9-30)59-45(61)35-24-31(26-57-48(35)72-4)46(66)56-15-17-74-19-21-76-23-22-75-20-18-73-16-14-55-40(65)28-77-38-7-5-6-34-41(38)51(70)63(49(34)68)36-12-13-39(64)58-47(36)67/h5-11,24-27,29,36,43H,12-23,28H2,1-4H3,(H,55,65)(H,56,66)(H,58,64,67)/t36?,43-/m0/s1. The van der Waals surface area contributed by atoms with Gasteiger partial charge < -0.3 is 48.2 Å².